The molecule has 3 aliphatic heterocycles. The van der Waals surface area contributed by atoms with Crippen LogP contribution < -0.4 is 42.3 Å². The van der Waals surface area contributed by atoms with Crippen molar-refractivity contribution in [2.45, 2.75) is 272 Å². The molecule has 48 nitrogen and oxygen atoms in total. The zero-order valence-corrected chi connectivity index (χ0v) is 79.5. The normalized spacial score (nSPS) is 24.0. The Bertz CT molecular complexity index is 3420. The molecule has 1 saturated carbocycles. The molecule has 4 fully saturated rings. The number of nitriles is 1. The molecule has 0 spiro atoms. The standard InChI is InChI=1S/C84H136N9O39P/c1-48(2)70(49(3)4)93-133(122-29-17-25-85)132-63-20-18-62(19-21-63)80(109)92-84(45-113-30-22-67(106)86-26-33-110-36-39-116-81-71(89-50(5)94)77(126-59(14)103)74(123-56(11)100)64(129-81)42-119-53(8)97,46-114-31-23-68(107)87-27-34-111-37-40-117-82-72(90-51(6)95)78(127-60(15)104)75(124-57(12)101)65(130-82)43-120-54(9)98)47-115-32-24-69(108)88-28-35-112-38-41-118-83-73(91-52(7)96)79(128-61(16)105)76(125-58(13)102)66(131-83)44-121-55(10)99/h48-49,62-66,70-79,81-83,93H,17-24,26-47H2,1-16H3,(H,86,106)(H,87,107)(H,88,108)(H,89,94)(H,90,95)(H,91,96)(H,92,109). The number of ether oxygens (including phenoxy) is 21. The van der Waals surface area contributed by atoms with Crippen molar-refractivity contribution in [1.82, 2.24) is 42.3 Å². The van der Waals surface area contributed by atoms with Gasteiger partial charge < -0.3 is 146 Å². The molecule has 0 aromatic rings. The van der Waals surface area contributed by atoms with Crippen molar-refractivity contribution in [2.24, 2.45) is 17.8 Å². The second-order valence-corrected chi connectivity index (χ2v) is 33.3. The predicted molar refractivity (Wildman–Crippen MR) is 455 cm³/mol. The molecule has 0 aromatic carbocycles. The monoisotopic (exact) mass is 1930 g/mol. The summed E-state index contributed by atoms with van der Waals surface area (Å²) in [5, 5.41) is 32.0. The van der Waals surface area contributed by atoms with Crippen LogP contribution in [0.2, 0.25) is 0 Å². The Morgan fingerprint density at radius 3 is 0.970 bits per heavy atom. The van der Waals surface area contributed by atoms with Gasteiger partial charge in [0.15, 0.2) is 55.5 Å². The van der Waals surface area contributed by atoms with Gasteiger partial charge in [0.1, 0.15) is 61.8 Å². The molecule has 4 aliphatic rings. The lowest BCUT2D eigenvalue weighted by Gasteiger charge is -2.44. The minimum Gasteiger partial charge on any atom is -0.463 e. The third-order valence-corrected chi connectivity index (χ3v) is 21.2. The first-order valence-corrected chi connectivity index (χ1v) is 45.2. The number of hydrogen-bond acceptors (Lipinski definition) is 41. The fraction of sp³-hybridized carbons (Fsp3) is 0.798. The van der Waals surface area contributed by atoms with Crippen molar-refractivity contribution >= 4 is 104 Å². The van der Waals surface area contributed by atoms with Gasteiger partial charge in [0.2, 0.25) is 41.4 Å². The van der Waals surface area contributed by atoms with E-state index in [0.29, 0.717) is 25.7 Å². The van der Waals surface area contributed by atoms with Crippen molar-refractivity contribution in [1.29, 1.82) is 5.26 Å². The number of nitrogens with zero attached hydrogens (tertiary/aromatic N) is 1. The number of hydrogen-bond donors (Lipinski definition) is 8. The molecule has 0 aromatic heterocycles. The van der Waals surface area contributed by atoms with E-state index in [4.69, 9.17) is 109 Å². The molecule has 4 rings (SSSR count). The highest BCUT2D eigenvalue weighted by Gasteiger charge is 2.55. The molecule has 0 bridgehead atoms. The zero-order valence-electron chi connectivity index (χ0n) is 78.6. The molecule has 133 heavy (non-hydrogen) atoms. The number of rotatable bonds is 62. The first-order chi connectivity index (χ1) is 63.1. The first kappa shape index (κ1) is 116. The summed E-state index contributed by atoms with van der Waals surface area (Å²) < 4.78 is 133. The number of carbonyl (C=O) groups excluding carboxylic acids is 16. The van der Waals surface area contributed by atoms with Crippen molar-refractivity contribution in [2.75, 3.05) is 145 Å². The van der Waals surface area contributed by atoms with E-state index in [1.165, 1.54) is 20.8 Å². The SMILES string of the molecule is CC(=O)NC1C(OCCOCCNC(=O)CCOCC(COCCC(=O)NCCOCCOC2OC(COC(C)=O)C(OC(C)=O)C(OC(C)=O)C2NC(C)=O)(COCCC(=O)NCCOCCOC2OC(COC(C)=O)C(OC(C)=O)C(OC(C)=O)C2NC(C)=O)NC(=O)C2CCC(OP(NC(C(C)C)C(C)C)OCCC#N)CC2)OC(COC(C)=O)C(OC(C)=O)C1OC(C)=O. The van der Waals surface area contributed by atoms with Crippen molar-refractivity contribution in [3.05, 3.63) is 0 Å². The van der Waals surface area contributed by atoms with Gasteiger partial charge in [0.05, 0.1) is 124 Å². The topological polar surface area (TPSA) is 605 Å². The Balaban J connectivity index is 1.52. The van der Waals surface area contributed by atoms with Gasteiger partial charge in [-0.05, 0) is 37.5 Å². The van der Waals surface area contributed by atoms with Crippen molar-refractivity contribution in [3.8, 4) is 6.07 Å². The maximum absolute atomic E-state index is 14.9. The van der Waals surface area contributed by atoms with Gasteiger partial charge in [-0.25, -0.2) is 5.09 Å². The molecule has 8 N–H and O–H groups in total. The average molecular weight is 1930 g/mol. The number of amides is 7. The van der Waals surface area contributed by atoms with Gasteiger partial charge in [-0.15, -0.1) is 0 Å². The zero-order chi connectivity index (χ0) is 98.7. The first-order valence-electron chi connectivity index (χ1n) is 44.0. The average Bonchev–Trinajstić information content (AvgIpc) is 0.793. The summed E-state index contributed by atoms with van der Waals surface area (Å²) in [4.78, 5) is 202. The van der Waals surface area contributed by atoms with E-state index < -0.39 is 227 Å². The van der Waals surface area contributed by atoms with Crippen LogP contribution in [-0.2, 0) is 185 Å². The lowest BCUT2D eigenvalue weighted by molar-refractivity contribution is -0.279. The van der Waals surface area contributed by atoms with E-state index in [0.717, 1.165) is 62.3 Å². The minimum atomic E-state index is -1.66. The Labute approximate surface area is 774 Å². The quantitative estimate of drug-likeness (QED) is 0.0164. The molecular weight excluding hydrogens is 1790 g/mol. The van der Waals surface area contributed by atoms with Gasteiger partial charge in [-0.3, -0.25) is 76.7 Å². The summed E-state index contributed by atoms with van der Waals surface area (Å²) >= 11 is 0. The molecule has 16 unspecified atom stereocenters. The molecule has 7 amide bonds. The van der Waals surface area contributed by atoms with E-state index in [1.54, 1.807) is 0 Å². The second kappa shape index (κ2) is 63.2. The Morgan fingerprint density at radius 1 is 0.383 bits per heavy atom. The number of esters is 9. The van der Waals surface area contributed by atoms with Gasteiger partial charge in [0.25, 0.3) is 8.53 Å². The fourth-order valence-electron chi connectivity index (χ4n) is 14.2. The summed E-state index contributed by atoms with van der Waals surface area (Å²) in [5.41, 5.74) is -1.59. The number of carbonyl (C=O) groups is 16. The summed E-state index contributed by atoms with van der Waals surface area (Å²) in [5.74, 6) is -10.7. The molecule has 756 valence electrons. The van der Waals surface area contributed by atoms with Crippen LogP contribution >= 0.6 is 8.53 Å². The fourth-order valence-corrected chi connectivity index (χ4v) is 16.0. The molecular formula is C84H136N9O39P. The molecule has 16 atom stereocenters. The van der Waals surface area contributed by atoms with Crippen LogP contribution in [0.5, 0.6) is 0 Å². The Hall–Kier alpha value is -9.16. The van der Waals surface area contributed by atoms with E-state index in [9.17, 15) is 82.0 Å². The Morgan fingerprint density at radius 2 is 0.692 bits per heavy atom. The molecule has 3 heterocycles. The molecule has 1 aliphatic carbocycles. The van der Waals surface area contributed by atoms with E-state index >= 15 is 0 Å². The van der Waals surface area contributed by atoms with Crippen LogP contribution in [0, 0.1) is 29.1 Å². The van der Waals surface area contributed by atoms with Crippen LogP contribution in [0.15, 0.2) is 0 Å². The van der Waals surface area contributed by atoms with Crippen molar-refractivity contribution in [3.63, 3.8) is 0 Å². The smallest absolute Gasteiger partial charge is 0.303 e. The van der Waals surface area contributed by atoms with E-state index in [2.05, 4.69) is 76.1 Å². The molecule has 0 radical (unpaired) electrons. The van der Waals surface area contributed by atoms with Crippen LogP contribution in [0.3, 0.4) is 0 Å². The third-order valence-electron chi connectivity index (χ3n) is 19.8. The number of nitrogens with one attached hydrogen (secondary N) is 8. The van der Waals surface area contributed by atoms with E-state index in [1.807, 2.05) is 0 Å². The second-order valence-electron chi connectivity index (χ2n) is 32.1. The van der Waals surface area contributed by atoms with Crippen LogP contribution in [0.25, 0.3) is 0 Å². The van der Waals surface area contributed by atoms with E-state index in [-0.39, 0.29) is 175 Å². The van der Waals surface area contributed by atoms with Crippen LogP contribution in [0.4, 0.5) is 0 Å². The largest absolute Gasteiger partial charge is 0.463 e. The highest BCUT2D eigenvalue weighted by atomic mass is 31.2. The Kier molecular flexibility index (Phi) is 55.2. The lowest BCUT2D eigenvalue weighted by Crippen LogP contribution is -2.66. The highest BCUT2D eigenvalue weighted by molar-refractivity contribution is 7.45. The molecule has 49 heteroatoms. The van der Waals surface area contributed by atoms with Gasteiger partial charge in [-0.1, -0.05) is 27.7 Å². The van der Waals surface area contributed by atoms with Gasteiger partial charge >= 0.3 is 53.7 Å². The van der Waals surface area contributed by atoms with Gasteiger partial charge in [-0.2, -0.15) is 5.26 Å². The summed E-state index contributed by atoms with van der Waals surface area (Å²) in [6.45, 7) is 17.8. The highest BCUT2D eigenvalue weighted by Crippen LogP contribution is 2.42. The summed E-state index contributed by atoms with van der Waals surface area (Å²) in [6.07, 6.45) is -15.2. The predicted octanol–water partition coefficient (Wildman–Crippen LogP) is -0.519. The third kappa shape index (κ3) is 46.8. The summed E-state index contributed by atoms with van der Waals surface area (Å²) in [7, 11) is -1.66. The minimum absolute atomic E-state index is 0.0165. The summed E-state index contributed by atoms with van der Waals surface area (Å²) in [6, 6.07) is -1.58. The maximum atomic E-state index is 14.9. The maximum Gasteiger partial charge on any atom is 0.303 e. The van der Waals surface area contributed by atoms with Gasteiger partial charge in [0, 0.05) is 134 Å². The van der Waals surface area contributed by atoms with Crippen molar-refractivity contribution < 1.29 is 185 Å². The van der Waals surface area contributed by atoms with Crippen LogP contribution in [0.1, 0.15) is 162 Å². The lowest BCUT2D eigenvalue weighted by atomic mass is 9.86. The molecule has 3 saturated heterocycles. The van der Waals surface area contributed by atoms with Crippen LogP contribution in [-0.4, -0.2) is 350 Å².